The number of esters is 1. The van der Waals surface area contributed by atoms with Crippen LogP contribution in [0.4, 0.5) is 0 Å². The van der Waals surface area contributed by atoms with Crippen molar-refractivity contribution in [2.45, 2.75) is 79.6 Å². The predicted molar refractivity (Wildman–Crippen MR) is 116 cm³/mol. The minimum atomic E-state index is -0.583. The highest BCUT2D eigenvalue weighted by atomic mass is 16.5. The molecule has 4 aliphatic carbocycles. The largest absolute Gasteiger partial charge is 0.457 e. The van der Waals surface area contributed by atoms with Crippen LogP contribution >= 0.6 is 0 Å². The number of carbonyl (C=O) groups is 3. The zero-order valence-electron chi connectivity index (χ0n) is 19.3. The van der Waals surface area contributed by atoms with E-state index in [-0.39, 0.29) is 35.1 Å². The van der Waals surface area contributed by atoms with E-state index in [9.17, 15) is 14.4 Å². The summed E-state index contributed by atoms with van der Waals surface area (Å²) in [4.78, 5) is 37.2. The number of hydrogen-bond acceptors (Lipinski definition) is 4. The Morgan fingerprint density at radius 1 is 1.03 bits per heavy atom. The Kier molecular flexibility index (Phi) is 5.30. The number of fused-ring (bicyclic) bond motifs is 5. The SMILES string of the molecule is CC(C)(C)C(=O)OCC(=O)C1CCC2C3C=CC4CC(=O)CCC4(C)C3CCC12C. The number of ether oxygens (including phenoxy) is 1. The van der Waals surface area contributed by atoms with E-state index >= 15 is 0 Å². The number of ketones is 2. The van der Waals surface area contributed by atoms with Gasteiger partial charge in [-0.1, -0.05) is 26.0 Å². The van der Waals surface area contributed by atoms with E-state index in [4.69, 9.17) is 4.74 Å². The summed E-state index contributed by atoms with van der Waals surface area (Å²) in [5.74, 6) is 2.22. The lowest BCUT2D eigenvalue weighted by molar-refractivity contribution is -0.158. The van der Waals surface area contributed by atoms with Gasteiger partial charge in [0.05, 0.1) is 5.41 Å². The Morgan fingerprint density at radius 2 is 1.73 bits per heavy atom. The number of carbonyl (C=O) groups excluding carboxylic acids is 3. The van der Waals surface area contributed by atoms with Crippen molar-refractivity contribution < 1.29 is 19.1 Å². The molecule has 7 unspecified atom stereocenters. The molecule has 7 atom stereocenters. The predicted octanol–water partition coefficient (Wildman–Crippen LogP) is 5.15. The first-order valence-electron chi connectivity index (χ1n) is 11.9. The van der Waals surface area contributed by atoms with Gasteiger partial charge in [-0.3, -0.25) is 14.4 Å². The van der Waals surface area contributed by atoms with Crippen LogP contribution in [0.15, 0.2) is 12.2 Å². The molecule has 166 valence electrons. The monoisotopic (exact) mass is 414 g/mol. The number of hydrogen-bond donors (Lipinski definition) is 0. The zero-order chi connectivity index (χ0) is 21.9. The van der Waals surface area contributed by atoms with Crippen molar-refractivity contribution in [3.8, 4) is 0 Å². The molecule has 0 aromatic rings. The maximum atomic E-state index is 13.1. The van der Waals surface area contributed by atoms with E-state index in [2.05, 4.69) is 26.0 Å². The van der Waals surface area contributed by atoms with Crippen LogP contribution in [-0.2, 0) is 19.1 Å². The van der Waals surface area contributed by atoms with Crippen molar-refractivity contribution in [2.24, 2.45) is 45.8 Å². The molecule has 0 radical (unpaired) electrons. The summed E-state index contributed by atoms with van der Waals surface area (Å²) in [6, 6.07) is 0. The van der Waals surface area contributed by atoms with Gasteiger partial charge in [0, 0.05) is 18.8 Å². The summed E-state index contributed by atoms with van der Waals surface area (Å²) in [5.41, 5.74) is -0.371. The van der Waals surface area contributed by atoms with E-state index in [0.717, 1.165) is 38.5 Å². The third-order valence-corrected chi connectivity index (χ3v) is 9.33. The van der Waals surface area contributed by atoms with Gasteiger partial charge in [-0.25, -0.2) is 0 Å². The van der Waals surface area contributed by atoms with Gasteiger partial charge in [0.25, 0.3) is 0 Å². The molecular formula is C26H38O4. The molecule has 0 aromatic heterocycles. The lowest BCUT2D eigenvalue weighted by Gasteiger charge is -2.57. The molecule has 0 bridgehead atoms. The molecule has 0 N–H and O–H groups in total. The Labute approximate surface area is 181 Å². The average molecular weight is 415 g/mol. The zero-order valence-corrected chi connectivity index (χ0v) is 19.3. The second-order valence-corrected chi connectivity index (χ2v) is 12.0. The van der Waals surface area contributed by atoms with Crippen LogP contribution < -0.4 is 0 Å². The minimum absolute atomic E-state index is 0.00951. The molecule has 4 rings (SSSR count). The van der Waals surface area contributed by atoms with Crippen LogP contribution in [-0.4, -0.2) is 24.1 Å². The standard InChI is InChI=1S/C26H38O4/c1-24(2,3)23(29)30-15-22(28)21-9-8-19-18-7-6-16-14-17(27)10-12-25(16,4)20(18)11-13-26(19,21)5/h6-7,16,18-21H,8-15H2,1-5H3. The molecule has 0 heterocycles. The summed E-state index contributed by atoms with van der Waals surface area (Å²) >= 11 is 0. The number of rotatable bonds is 3. The first-order valence-corrected chi connectivity index (χ1v) is 11.9. The number of allylic oxidation sites excluding steroid dienone is 2. The molecule has 4 nitrogen and oxygen atoms in total. The van der Waals surface area contributed by atoms with Gasteiger partial charge in [-0.15, -0.1) is 0 Å². The van der Waals surface area contributed by atoms with Gasteiger partial charge in [-0.05, 0) is 87.4 Å². The molecule has 0 aliphatic heterocycles. The van der Waals surface area contributed by atoms with Gasteiger partial charge in [0.2, 0.25) is 0 Å². The topological polar surface area (TPSA) is 60.4 Å². The smallest absolute Gasteiger partial charge is 0.311 e. The van der Waals surface area contributed by atoms with E-state index in [0.29, 0.717) is 35.9 Å². The van der Waals surface area contributed by atoms with E-state index < -0.39 is 5.41 Å². The fourth-order valence-electron chi connectivity index (χ4n) is 7.40. The molecule has 0 aromatic carbocycles. The van der Waals surface area contributed by atoms with Crippen LogP contribution in [0.5, 0.6) is 0 Å². The minimum Gasteiger partial charge on any atom is -0.457 e. The lowest BCUT2D eigenvalue weighted by Crippen LogP contribution is -2.52. The molecule has 3 fully saturated rings. The van der Waals surface area contributed by atoms with Gasteiger partial charge in [-0.2, -0.15) is 0 Å². The van der Waals surface area contributed by atoms with Crippen LogP contribution in [0.3, 0.4) is 0 Å². The molecule has 0 spiro atoms. The van der Waals surface area contributed by atoms with E-state index in [1.807, 2.05) is 20.8 Å². The van der Waals surface area contributed by atoms with Crippen molar-refractivity contribution in [3.63, 3.8) is 0 Å². The van der Waals surface area contributed by atoms with Crippen molar-refractivity contribution >= 4 is 17.5 Å². The molecule has 3 saturated carbocycles. The molecular weight excluding hydrogens is 376 g/mol. The fraction of sp³-hybridized carbons (Fsp3) is 0.808. The van der Waals surface area contributed by atoms with Crippen molar-refractivity contribution in [2.75, 3.05) is 6.61 Å². The van der Waals surface area contributed by atoms with Crippen molar-refractivity contribution in [1.29, 1.82) is 0 Å². The van der Waals surface area contributed by atoms with E-state index in [1.54, 1.807) is 0 Å². The van der Waals surface area contributed by atoms with Crippen LogP contribution in [0.25, 0.3) is 0 Å². The van der Waals surface area contributed by atoms with Gasteiger partial charge >= 0.3 is 5.97 Å². The highest BCUT2D eigenvalue weighted by molar-refractivity contribution is 5.86. The molecule has 30 heavy (non-hydrogen) atoms. The van der Waals surface area contributed by atoms with Gasteiger partial charge in [0.1, 0.15) is 12.4 Å². The Bertz CT molecular complexity index is 774. The first-order chi connectivity index (χ1) is 14.0. The molecule has 4 heteroatoms. The van der Waals surface area contributed by atoms with Crippen LogP contribution in [0.2, 0.25) is 0 Å². The molecule has 0 saturated heterocycles. The summed E-state index contributed by atoms with van der Waals surface area (Å²) in [6.07, 6.45) is 11.4. The second kappa shape index (κ2) is 7.31. The summed E-state index contributed by atoms with van der Waals surface area (Å²) < 4.78 is 5.37. The highest BCUT2D eigenvalue weighted by Gasteiger charge is 2.60. The third kappa shape index (κ3) is 3.39. The average Bonchev–Trinajstić information content (AvgIpc) is 3.03. The van der Waals surface area contributed by atoms with Crippen LogP contribution in [0, 0.1) is 45.8 Å². The summed E-state index contributed by atoms with van der Waals surface area (Å²) in [5, 5.41) is 0. The highest BCUT2D eigenvalue weighted by Crippen LogP contribution is 2.65. The maximum absolute atomic E-state index is 13.1. The van der Waals surface area contributed by atoms with Gasteiger partial charge < -0.3 is 4.74 Å². The first kappa shape index (κ1) is 21.8. The van der Waals surface area contributed by atoms with Crippen LogP contribution in [0.1, 0.15) is 79.6 Å². The number of Topliss-reactive ketones (excluding diaryl/α,β-unsaturated/α-hetero) is 2. The molecule has 0 amide bonds. The summed E-state index contributed by atoms with van der Waals surface area (Å²) in [6.45, 7) is 10.1. The maximum Gasteiger partial charge on any atom is 0.311 e. The van der Waals surface area contributed by atoms with Crippen molar-refractivity contribution in [3.05, 3.63) is 12.2 Å². The third-order valence-electron chi connectivity index (χ3n) is 9.33. The Hall–Kier alpha value is -1.45. The Morgan fingerprint density at radius 3 is 2.43 bits per heavy atom. The molecule has 4 aliphatic rings. The Balaban J connectivity index is 1.50. The van der Waals surface area contributed by atoms with E-state index in [1.165, 1.54) is 0 Å². The van der Waals surface area contributed by atoms with Crippen molar-refractivity contribution in [1.82, 2.24) is 0 Å². The quantitative estimate of drug-likeness (QED) is 0.473. The second-order valence-electron chi connectivity index (χ2n) is 12.0. The normalized spacial score (nSPS) is 42.8. The lowest BCUT2D eigenvalue weighted by atomic mass is 9.46. The summed E-state index contributed by atoms with van der Waals surface area (Å²) in [7, 11) is 0. The fourth-order valence-corrected chi connectivity index (χ4v) is 7.40. The van der Waals surface area contributed by atoms with Gasteiger partial charge in [0.15, 0.2) is 5.78 Å².